The van der Waals surface area contributed by atoms with Crippen LogP contribution in [0.2, 0.25) is 0 Å². The molecule has 2 aromatic carbocycles. The van der Waals surface area contributed by atoms with E-state index in [-0.39, 0.29) is 5.75 Å². The number of halogens is 2. The second-order valence-corrected chi connectivity index (χ2v) is 6.79. The molecule has 0 atom stereocenters. The van der Waals surface area contributed by atoms with Gasteiger partial charge in [-0.25, -0.2) is 4.99 Å². The highest BCUT2D eigenvalue weighted by Gasteiger charge is 2.09. The van der Waals surface area contributed by atoms with Gasteiger partial charge in [0.1, 0.15) is 18.1 Å². The molecule has 1 aromatic heterocycles. The molecule has 0 radical (unpaired) electrons. The van der Waals surface area contributed by atoms with Crippen LogP contribution in [-0.4, -0.2) is 24.1 Å². The Hall–Kier alpha value is -3.68. The Bertz CT molecular complexity index is 983. The molecule has 2 N–H and O–H groups in total. The van der Waals surface area contributed by atoms with E-state index in [0.29, 0.717) is 37.8 Å². The topological polar surface area (TPSA) is 67.8 Å². The summed E-state index contributed by atoms with van der Waals surface area (Å²) in [6.07, 6.45) is 1.74. The number of nitrogens with one attached hydrogen (secondary N) is 2. The van der Waals surface area contributed by atoms with Crippen molar-refractivity contribution < 1.29 is 18.3 Å². The number of ether oxygens (including phenoxy) is 2. The first-order valence-electron chi connectivity index (χ1n) is 10.3. The molecule has 6 nitrogen and oxygen atoms in total. The van der Waals surface area contributed by atoms with Crippen molar-refractivity contribution in [1.29, 1.82) is 0 Å². The summed E-state index contributed by atoms with van der Waals surface area (Å²) in [4.78, 5) is 8.80. The van der Waals surface area contributed by atoms with E-state index in [0.717, 1.165) is 17.0 Å². The van der Waals surface area contributed by atoms with E-state index in [9.17, 15) is 8.78 Å². The smallest absolute Gasteiger partial charge is 0.387 e. The molecule has 0 amide bonds. The minimum atomic E-state index is -2.87. The summed E-state index contributed by atoms with van der Waals surface area (Å²) < 4.78 is 35.5. The lowest BCUT2D eigenvalue weighted by Crippen LogP contribution is -2.36. The van der Waals surface area contributed by atoms with Crippen LogP contribution in [0.25, 0.3) is 0 Å². The van der Waals surface area contributed by atoms with Crippen LogP contribution in [0.3, 0.4) is 0 Å². The molecule has 0 fully saturated rings. The van der Waals surface area contributed by atoms with Crippen molar-refractivity contribution in [1.82, 2.24) is 15.6 Å². The summed E-state index contributed by atoms with van der Waals surface area (Å²) in [5, 5.41) is 6.30. The summed E-state index contributed by atoms with van der Waals surface area (Å²) in [7, 11) is 0. The Balaban J connectivity index is 1.55. The number of para-hydroxylation sites is 1. The van der Waals surface area contributed by atoms with E-state index < -0.39 is 6.61 Å². The molecule has 0 unspecified atom stereocenters. The molecule has 0 bridgehead atoms. The summed E-state index contributed by atoms with van der Waals surface area (Å²) >= 11 is 0. The Morgan fingerprint density at radius 2 is 1.78 bits per heavy atom. The largest absolute Gasteiger partial charge is 0.487 e. The van der Waals surface area contributed by atoms with Gasteiger partial charge in [0.15, 0.2) is 5.96 Å². The molecule has 0 saturated carbocycles. The Labute approximate surface area is 186 Å². The zero-order chi connectivity index (χ0) is 22.6. The molecule has 0 saturated heterocycles. The van der Waals surface area contributed by atoms with E-state index >= 15 is 0 Å². The van der Waals surface area contributed by atoms with E-state index in [4.69, 9.17) is 4.74 Å². The van der Waals surface area contributed by atoms with Gasteiger partial charge in [0, 0.05) is 24.8 Å². The number of nitrogens with zero attached hydrogens (tertiary/aromatic N) is 2. The average Bonchev–Trinajstić information content (AvgIpc) is 2.81. The van der Waals surface area contributed by atoms with Crippen molar-refractivity contribution in [3.63, 3.8) is 0 Å². The lowest BCUT2D eigenvalue weighted by molar-refractivity contribution is -0.0504. The van der Waals surface area contributed by atoms with Gasteiger partial charge in [0.2, 0.25) is 0 Å². The first kappa shape index (κ1) is 23.0. The van der Waals surface area contributed by atoms with Gasteiger partial charge in [-0.1, -0.05) is 36.4 Å². The monoisotopic (exact) mass is 440 g/mol. The molecule has 0 aliphatic rings. The fourth-order valence-electron chi connectivity index (χ4n) is 2.88. The predicted octanol–water partition coefficient (Wildman–Crippen LogP) is 4.52. The zero-order valence-electron chi connectivity index (χ0n) is 17.8. The standard InChI is InChI=1S/C24H26F2N4O2/c1-2-27-24(30-16-19-7-3-4-9-22(19)32-23(25)26)29-15-18-10-12-21(13-11-18)31-17-20-8-5-6-14-28-20/h3-14,23H,2,15-17H2,1H3,(H2,27,29,30). The number of alkyl halides is 2. The minimum absolute atomic E-state index is 0.145. The third-order valence-corrected chi connectivity index (χ3v) is 4.44. The van der Waals surface area contributed by atoms with Gasteiger partial charge in [-0.05, 0) is 42.8 Å². The quantitative estimate of drug-likeness (QED) is 0.359. The number of hydrogen-bond acceptors (Lipinski definition) is 4. The Morgan fingerprint density at radius 3 is 2.50 bits per heavy atom. The maximum Gasteiger partial charge on any atom is 0.387 e. The molecule has 168 valence electrons. The molecular weight excluding hydrogens is 414 g/mol. The van der Waals surface area contributed by atoms with Crippen LogP contribution in [0, 0.1) is 0 Å². The van der Waals surface area contributed by atoms with Gasteiger partial charge in [-0.3, -0.25) is 4.98 Å². The molecular formula is C24H26F2N4O2. The highest BCUT2D eigenvalue weighted by atomic mass is 19.3. The summed E-state index contributed by atoms with van der Waals surface area (Å²) in [5.41, 5.74) is 2.49. The molecule has 0 aliphatic carbocycles. The van der Waals surface area contributed by atoms with Crippen molar-refractivity contribution in [3.8, 4) is 11.5 Å². The normalized spacial score (nSPS) is 11.3. The second kappa shape index (κ2) is 12.2. The first-order chi connectivity index (χ1) is 15.6. The third-order valence-electron chi connectivity index (χ3n) is 4.44. The SMILES string of the molecule is CCNC(=NCc1ccc(OCc2ccccn2)cc1)NCc1ccccc1OC(F)F. The number of benzene rings is 2. The van der Waals surface area contributed by atoms with Crippen LogP contribution in [0.5, 0.6) is 11.5 Å². The number of rotatable bonds is 10. The zero-order valence-corrected chi connectivity index (χ0v) is 17.8. The van der Waals surface area contributed by atoms with Gasteiger partial charge in [0.05, 0.1) is 12.2 Å². The first-order valence-corrected chi connectivity index (χ1v) is 10.3. The summed E-state index contributed by atoms with van der Waals surface area (Å²) in [6.45, 7) is 0.915. The fraction of sp³-hybridized carbons (Fsp3) is 0.250. The fourth-order valence-corrected chi connectivity index (χ4v) is 2.88. The minimum Gasteiger partial charge on any atom is -0.487 e. The van der Waals surface area contributed by atoms with Crippen molar-refractivity contribution in [2.45, 2.75) is 33.2 Å². The van der Waals surface area contributed by atoms with Crippen LogP contribution in [0.4, 0.5) is 8.78 Å². The van der Waals surface area contributed by atoms with Crippen molar-refractivity contribution in [2.75, 3.05) is 6.54 Å². The number of aliphatic imine (C=N–C) groups is 1. The van der Waals surface area contributed by atoms with Gasteiger partial charge < -0.3 is 20.1 Å². The number of guanidine groups is 1. The van der Waals surface area contributed by atoms with Crippen LogP contribution in [0.15, 0.2) is 77.9 Å². The van der Waals surface area contributed by atoms with Crippen LogP contribution in [0.1, 0.15) is 23.7 Å². The van der Waals surface area contributed by atoms with Gasteiger partial charge >= 0.3 is 6.61 Å². The molecule has 1 heterocycles. The average molecular weight is 440 g/mol. The summed E-state index contributed by atoms with van der Waals surface area (Å²) in [6, 6.07) is 20.1. The van der Waals surface area contributed by atoms with Gasteiger partial charge in [-0.2, -0.15) is 8.78 Å². The molecule has 32 heavy (non-hydrogen) atoms. The van der Waals surface area contributed by atoms with Gasteiger partial charge in [0.25, 0.3) is 0 Å². The predicted molar refractivity (Wildman–Crippen MR) is 120 cm³/mol. The Kier molecular flexibility index (Phi) is 8.80. The molecule has 3 rings (SSSR count). The van der Waals surface area contributed by atoms with E-state index in [1.54, 1.807) is 24.4 Å². The van der Waals surface area contributed by atoms with Crippen LogP contribution in [-0.2, 0) is 19.7 Å². The van der Waals surface area contributed by atoms with Crippen molar-refractivity contribution in [3.05, 3.63) is 89.7 Å². The van der Waals surface area contributed by atoms with E-state index in [2.05, 4.69) is 25.3 Å². The van der Waals surface area contributed by atoms with Crippen LogP contribution >= 0.6 is 0 Å². The molecule has 0 spiro atoms. The molecule has 8 heteroatoms. The molecule has 3 aromatic rings. The number of pyridine rings is 1. The molecule has 0 aliphatic heterocycles. The van der Waals surface area contributed by atoms with Gasteiger partial charge in [-0.15, -0.1) is 0 Å². The third kappa shape index (κ3) is 7.54. The maximum atomic E-state index is 12.6. The highest BCUT2D eigenvalue weighted by Crippen LogP contribution is 2.20. The van der Waals surface area contributed by atoms with Crippen molar-refractivity contribution in [2.24, 2.45) is 4.99 Å². The highest BCUT2D eigenvalue weighted by molar-refractivity contribution is 5.79. The van der Waals surface area contributed by atoms with Crippen LogP contribution < -0.4 is 20.1 Å². The van der Waals surface area contributed by atoms with E-state index in [1.807, 2.05) is 49.4 Å². The lowest BCUT2D eigenvalue weighted by atomic mass is 10.2. The Morgan fingerprint density at radius 1 is 1.00 bits per heavy atom. The van der Waals surface area contributed by atoms with Crippen molar-refractivity contribution >= 4 is 5.96 Å². The van der Waals surface area contributed by atoms with E-state index in [1.165, 1.54) is 6.07 Å². The number of hydrogen-bond donors (Lipinski definition) is 2. The summed E-state index contributed by atoms with van der Waals surface area (Å²) in [5.74, 6) is 1.48. The number of aromatic nitrogens is 1. The maximum absolute atomic E-state index is 12.6. The lowest BCUT2D eigenvalue weighted by Gasteiger charge is -2.14. The second-order valence-electron chi connectivity index (χ2n) is 6.79.